The van der Waals surface area contributed by atoms with E-state index >= 15 is 0 Å². The summed E-state index contributed by atoms with van der Waals surface area (Å²) in [5.74, 6) is 0.286. The van der Waals surface area contributed by atoms with Crippen LogP contribution >= 0.6 is 0 Å². The summed E-state index contributed by atoms with van der Waals surface area (Å²) in [5, 5.41) is 5.52. The fourth-order valence-corrected chi connectivity index (χ4v) is 3.13. The Morgan fingerprint density at radius 1 is 0.903 bits per heavy atom. The smallest absolute Gasteiger partial charge is 0.255 e. The normalized spacial score (nSPS) is 10.6. The third kappa shape index (κ3) is 5.08. The zero-order valence-electron chi connectivity index (χ0n) is 17.3. The minimum Gasteiger partial charge on any atom is -0.487 e. The molecule has 31 heavy (non-hydrogen) atoms. The number of rotatable bonds is 6. The largest absolute Gasteiger partial charge is 0.487 e. The summed E-state index contributed by atoms with van der Waals surface area (Å²) in [5.41, 5.74) is 4.70. The van der Waals surface area contributed by atoms with E-state index in [1.807, 2.05) is 35.9 Å². The molecule has 156 valence electrons. The zero-order valence-corrected chi connectivity index (χ0v) is 17.3. The molecule has 4 rings (SSSR count). The molecular weight excluding hydrogens is 392 g/mol. The summed E-state index contributed by atoms with van der Waals surface area (Å²) >= 11 is 0. The molecule has 0 atom stereocenters. The number of imidazole rings is 1. The molecule has 7 nitrogen and oxygen atoms in total. The van der Waals surface area contributed by atoms with Crippen LogP contribution in [0.1, 0.15) is 28.5 Å². The van der Waals surface area contributed by atoms with E-state index in [0.717, 1.165) is 16.9 Å². The number of carbonyl (C=O) groups excluding carboxylic acids is 2. The fraction of sp³-hybridized carbons (Fsp3) is 0.125. The van der Waals surface area contributed by atoms with Crippen molar-refractivity contribution in [1.29, 1.82) is 0 Å². The number of aryl methyl sites for hydroxylation is 1. The summed E-state index contributed by atoms with van der Waals surface area (Å²) in [7, 11) is 0. The molecule has 0 radical (unpaired) electrons. The zero-order chi connectivity index (χ0) is 21.8. The lowest BCUT2D eigenvalue weighted by atomic mass is 10.2. The Morgan fingerprint density at radius 3 is 2.26 bits per heavy atom. The Kier molecular flexibility index (Phi) is 5.66. The Hall–Kier alpha value is -4.13. The average molecular weight is 414 g/mol. The van der Waals surface area contributed by atoms with Gasteiger partial charge in [0.1, 0.15) is 18.0 Å². The molecular formula is C24H22N4O3. The second kappa shape index (κ2) is 8.71. The van der Waals surface area contributed by atoms with Gasteiger partial charge in [-0.3, -0.25) is 9.59 Å². The number of amides is 2. The number of anilines is 2. The first-order chi connectivity index (χ1) is 15.0. The summed E-state index contributed by atoms with van der Waals surface area (Å²) in [6.45, 7) is 3.82. The lowest BCUT2D eigenvalue weighted by molar-refractivity contribution is -0.114. The van der Waals surface area contributed by atoms with E-state index in [0.29, 0.717) is 29.3 Å². The standard InChI is InChI=1S/C24H22N4O3/c1-16-3-12-23-26-21(14-28(23)13-16)15-31-22-10-4-18(5-11-22)24(30)27-20-8-6-19(7-9-20)25-17(2)29/h3-14H,15H2,1-2H3,(H,25,29)(H,27,30). The number of carbonyl (C=O) groups is 2. The minimum atomic E-state index is -0.227. The lowest BCUT2D eigenvalue weighted by Gasteiger charge is -2.08. The molecule has 0 aliphatic heterocycles. The predicted octanol–water partition coefficient (Wildman–Crippen LogP) is 4.43. The second-order valence-electron chi connectivity index (χ2n) is 7.23. The van der Waals surface area contributed by atoms with Crippen molar-refractivity contribution in [2.45, 2.75) is 20.5 Å². The average Bonchev–Trinajstić information content (AvgIpc) is 3.15. The van der Waals surface area contributed by atoms with Gasteiger partial charge in [0, 0.05) is 36.3 Å². The van der Waals surface area contributed by atoms with Crippen LogP contribution in [0.3, 0.4) is 0 Å². The van der Waals surface area contributed by atoms with Crippen molar-refractivity contribution < 1.29 is 14.3 Å². The molecule has 2 aromatic heterocycles. The van der Waals surface area contributed by atoms with Crippen molar-refractivity contribution in [2.75, 3.05) is 10.6 Å². The van der Waals surface area contributed by atoms with Crippen LogP contribution in [0.5, 0.6) is 5.75 Å². The first-order valence-corrected chi connectivity index (χ1v) is 9.82. The van der Waals surface area contributed by atoms with Crippen molar-refractivity contribution in [3.63, 3.8) is 0 Å². The molecule has 0 unspecified atom stereocenters. The number of aromatic nitrogens is 2. The van der Waals surface area contributed by atoms with Gasteiger partial charge in [0.25, 0.3) is 5.91 Å². The number of ether oxygens (including phenoxy) is 1. The second-order valence-corrected chi connectivity index (χ2v) is 7.23. The minimum absolute atomic E-state index is 0.143. The van der Waals surface area contributed by atoms with Gasteiger partial charge in [-0.2, -0.15) is 0 Å². The van der Waals surface area contributed by atoms with Crippen LogP contribution in [0.2, 0.25) is 0 Å². The monoisotopic (exact) mass is 414 g/mol. The highest BCUT2D eigenvalue weighted by molar-refractivity contribution is 6.04. The number of pyridine rings is 1. The first-order valence-electron chi connectivity index (χ1n) is 9.82. The molecule has 0 fully saturated rings. The summed E-state index contributed by atoms with van der Waals surface area (Å²) in [6.07, 6.45) is 3.97. The van der Waals surface area contributed by atoms with E-state index in [1.165, 1.54) is 6.92 Å². The molecule has 2 N–H and O–H groups in total. The van der Waals surface area contributed by atoms with E-state index in [2.05, 4.69) is 15.6 Å². The van der Waals surface area contributed by atoms with E-state index in [1.54, 1.807) is 48.5 Å². The highest BCUT2D eigenvalue weighted by Gasteiger charge is 2.08. The van der Waals surface area contributed by atoms with Crippen molar-refractivity contribution in [3.05, 3.63) is 89.9 Å². The molecule has 0 spiro atoms. The van der Waals surface area contributed by atoms with Crippen molar-refractivity contribution in [3.8, 4) is 5.75 Å². The van der Waals surface area contributed by atoms with E-state index in [4.69, 9.17) is 4.74 Å². The van der Waals surface area contributed by atoms with Gasteiger partial charge in [0.2, 0.25) is 5.91 Å². The Balaban J connectivity index is 1.34. The molecule has 0 aliphatic carbocycles. The number of nitrogens with zero attached hydrogens (tertiary/aromatic N) is 2. The van der Waals surface area contributed by atoms with Gasteiger partial charge in [0.15, 0.2) is 0 Å². The molecule has 4 aromatic rings. The van der Waals surface area contributed by atoms with Gasteiger partial charge in [0.05, 0.1) is 5.69 Å². The number of fused-ring (bicyclic) bond motifs is 1. The van der Waals surface area contributed by atoms with Gasteiger partial charge < -0.3 is 19.8 Å². The maximum atomic E-state index is 12.5. The van der Waals surface area contributed by atoms with E-state index < -0.39 is 0 Å². The fourth-order valence-electron chi connectivity index (χ4n) is 3.13. The highest BCUT2D eigenvalue weighted by Crippen LogP contribution is 2.18. The topological polar surface area (TPSA) is 84.7 Å². The van der Waals surface area contributed by atoms with E-state index in [-0.39, 0.29) is 11.8 Å². The maximum Gasteiger partial charge on any atom is 0.255 e. The van der Waals surface area contributed by atoms with Crippen molar-refractivity contribution >= 4 is 28.8 Å². The first kappa shape index (κ1) is 20.2. The summed E-state index contributed by atoms with van der Waals surface area (Å²) < 4.78 is 7.78. The number of nitrogens with one attached hydrogen (secondary N) is 2. The van der Waals surface area contributed by atoms with Crippen LogP contribution in [0.25, 0.3) is 5.65 Å². The third-order valence-corrected chi connectivity index (χ3v) is 4.62. The number of hydrogen-bond acceptors (Lipinski definition) is 4. The van der Waals surface area contributed by atoms with Crippen molar-refractivity contribution in [2.24, 2.45) is 0 Å². The highest BCUT2D eigenvalue weighted by atomic mass is 16.5. The molecule has 2 heterocycles. The van der Waals surface area contributed by atoms with Crippen LogP contribution in [-0.4, -0.2) is 21.2 Å². The summed E-state index contributed by atoms with van der Waals surface area (Å²) in [6, 6.07) is 17.9. The van der Waals surface area contributed by atoms with Gasteiger partial charge >= 0.3 is 0 Å². The SMILES string of the molecule is CC(=O)Nc1ccc(NC(=O)c2ccc(OCc3cn4cc(C)ccc4n3)cc2)cc1. The van der Waals surface area contributed by atoms with Gasteiger partial charge in [-0.15, -0.1) is 0 Å². The van der Waals surface area contributed by atoms with Crippen LogP contribution < -0.4 is 15.4 Å². The molecule has 0 bridgehead atoms. The molecule has 0 aliphatic rings. The molecule has 0 saturated carbocycles. The number of benzene rings is 2. The Bertz CT molecular complexity index is 1230. The van der Waals surface area contributed by atoms with Crippen LogP contribution in [-0.2, 0) is 11.4 Å². The number of hydrogen-bond donors (Lipinski definition) is 2. The van der Waals surface area contributed by atoms with E-state index in [9.17, 15) is 9.59 Å². The molecule has 0 saturated heterocycles. The molecule has 2 aromatic carbocycles. The van der Waals surface area contributed by atoms with Gasteiger partial charge in [-0.05, 0) is 67.1 Å². The quantitative estimate of drug-likeness (QED) is 0.489. The predicted molar refractivity (Wildman–Crippen MR) is 119 cm³/mol. The molecule has 2 amide bonds. The van der Waals surface area contributed by atoms with Gasteiger partial charge in [-0.25, -0.2) is 4.98 Å². The lowest BCUT2D eigenvalue weighted by Crippen LogP contribution is -2.12. The maximum absolute atomic E-state index is 12.5. The van der Waals surface area contributed by atoms with Crippen LogP contribution in [0.15, 0.2) is 73.1 Å². The summed E-state index contributed by atoms with van der Waals surface area (Å²) in [4.78, 5) is 28.1. The Labute approximate surface area is 179 Å². The van der Waals surface area contributed by atoms with Crippen LogP contribution in [0, 0.1) is 6.92 Å². The third-order valence-electron chi connectivity index (χ3n) is 4.62. The Morgan fingerprint density at radius 2 is 1.58 bits per heavy atom. The van der Waals surface area contributed by atoms with Crippen LogP contribution in [0.4, 0.5) is 11.4 Å². The van der Waals surface area contributed by atoms with Gasteiger partial charge in [-0.1, -0.05) is 6.07 Å². The van der Waals surface area contributed by atoms with Crippen molar-refractivity contribution in [1.82, 2.24) is 9.38 Å². The molecule has 7 heteroatoms.